The molecule has 1 aliphatic heterocycles. The molecule has 4 rings (SSSR count). The van der Waals surface area contributed by atoms with Gasteiger partial charge in [-0.05, 0) is 74.4 Å². The van der Waals surface area contributed by atoms with Gasteiger partial charge in [-0.3, -0.25) is 9.78 Å². The molecule has 2 aromatic carbocycles. The Morgan fingerprint density at radius 2 is 2.16 bits per heavy atom. The van der Waals surface area contributed by atoms with Crippen molar-refractivity contribution in [3.63, 3.8) is 0 Å². The Morgan fingerprint density at radius 3 is 2.94 bits per heavy atom. The molecule has 0 bridgehead atoms. The molecule has 0 aliphatic carbocycles. The van der Waals surface area contributed by atoms with E-state index in [1.54, 1.807) is 25.3 Å². The molecular formula is C25H25ClFN3O2. The van der Waals surface area contributed by atoms with Crippen molar-refractivity contribution in [3.8, 4) is 16.9 Å². The van der Waals surface area contributed by atoms with Crippen LogP contribution in [0.1, 0.15) is 19.8 Å². The Balaban J connectivity index is 1.53. The van der Waals surface area contributed by atoms with Crippen molar-refractivity contribution in [1.29, 1.82) is 0 Å². The number of benzene rings is 2. The highest BCUT2D eigenvalue weighted by atomic mass is 35.5. The topological polar surface area (TPSA) is 54.8 Å². The van der Waals surface area contributed by atoms with Crippen LogP contribution in [0.25, 0.3) is 22.0 Å². The predicted molar refractivity (Wildman–Crippen MR) is 126 cm³/mol. The van der Waals surface area contributed by atoms with Gasteiger partial charge < -0.3 is 14.6 Å². The molecule has 0 unspecified atom stereocenters. The van der Waals surface area contributed by atoms with Crippen molar-refractivity contribution < 1.29 is 13.9 Å². The molecule has 2 heterocycles. The number of fused-ring (bicyclic) bond motifs is 1. The minimum absolute atomic E-state index is 0.0290. The highest BCUT2D eigenvalue weighted by Crippen LogP contribution is 2.34. The van der Waals surface area contributed by atoms with Crippen molar-refractivity contribution in [2.75, 3.05) is 19.6 Å². The van der Waals surface area contributed by atoms with E-state index in [0.717, 1.165) is 35.9 Å². The Hall–Kier alpha value is -2.99. The fourth-order valence-electron chi connectivity index (χ4n) is 4.25. The molecule has 2 atom stereocenters. The summed E-state index contributed by atoms with van der Waals surface area (Å²) in [6.07, 6.45) is 3.09. The number of likely N-dealkylation sites (tertiary alicyclic amines) is 1. The minimum atomic E-state index is -0.613. The second-order valence-corrected chi connectivity index (χ2v) is 8.53. The molecular weight excluding hydrogens is 429 g/mol. The summed E-state index contributed by atoms with van der Waals surface area (Å²) >= 11 is 6.27. The molecule has 1 aromatic heterocycles. The first-order valence-corrected chi connectivity index (χ1v) is 11.1. The smallest absolute Gasteiger partial charge is 0.263 e. The summed E-state index contributed by atoms with van der Waals surface area (Å²) in [6, 6.07) is 11.7. The monoisotopic (exact) mass is 453 g/mol. The van der Waals surface area contributed by atoms with E-state index in [2.05, 4.69) is 16.7 Å². The fraction of sp³-hybridized carbons (Fsp3) is 0.320. The average Bonchev–Trinajstić information content (AvgIpc) is 2.78. The molecule has 5 nitrogen and oxygen atoms in total. The van der Waals surface area contributed by atoms with Gasteiger partial charge in [0, 0.05) is 42.8 Å². The van der Waals surface area contributed by atoms with E-state index < -0.39 is 6.10 Å². The number of amides is 1. The highest BCUT2D eigenvalue weighted by Gasteiger charge is 2.27. The maximum atomic E-state index is 13.5. The zero-order valence-corrected chi connectivity index (χ0v) is 18.7. The molecule has 1 aliphatic rings. The lowest BCUT2D eigenvalue weighted by atomic mass is 9.98. The Morgan fingerprint density at radius 1 is 1.31 bits per heavy atom. The van der Waals surface area contributed by atoms with Crippen molar-refractivity contribution in [3.05, 3.63) is 59.5 Å². The number of carbonyl (C=O) groups excluding carboxylic acids is 1. The van der Waals surface area contributed by atoms with Gasteiger partial charge in [0.2, 0.25) is 0 Å². The summed E-state index contributed by atoms with van der Waals surface area (Å²) in [5, 5.41) is 1.20. The van der Waals surface area contributed by atoms with Crippen LogP contribution in [0, 0.1) is 11.7 Å². The molecule has 0 saturated carbocycles. The van der Waals surface area contributed by atoms with E-state index in [0.29, 0.717) is 35.3 Å². The van der Waals surface area contributed by atoms with Gasteiger partial charge in [0.25, 0.3) is 5.91 Å². The molecule has 0 radical (unpaired) electrons. The van der Waals surface area contributed by atoms with Gasteiger partial charge in [-0.15, -0.1) is 0 Å². The summed E-state index contributed by atoms with van der Waals surface area (Å²) in [5.41, 5.74) is 2.28. The molecule has 1 saturated heterocycles. The molecule has 0 N–H and O–H groups in total. The number of rotatable bonds is 6. The van der Waals surface area contributed by atoms with Crippen LogP contribution in [0.3, 0.4) is 0 Å². The van der Waals surface area contributed by atoms with Crippen LogP contribution in [-0.4, -0.2) is 48.2 Å². The Labute approximate surface area is 191 Å². The van der Waals surface area contributed by atoms with E-state index in [9.17, 15) is 9.18 Å². The first-order chi connectivity index (χ1) is 15.5. The van der Waals surface area contributed by atoms with Crippen molar-refractivity contribution in [1.82, 2.24) is 9.88 Å². The number of pyridine rings is 1. The summed E-state index contributed by atoms with van der Waals surface area (Å²) in [7, 11) is 0. The quantitative estimate of drug-likeness (QED) is 0.469. The summed E-state index contributed by atoms with van der Waals surface area (Å²) in [5.74, 6) is 0.513. The third-order valence-corrected chi connectivity index (χ3v) is 6.13. The summed E-state index contributed by atoms with van der Waals surface area (Å²) in [6.45, 7) is 7.44. The molecule has 7 heteroatoms. The van der Waals surface area contributed by atoms with Gasteiger partial charge >= 0.3 is 0 Å². The predicted octanol–water partition coefficient (Wildman–Crippen LogP) is 5.40. The third kappa shape index (κ3) is 4.75. The normalized spacial score (nSPS) is 17.2. The second-order valence-electron chi connectivity index (χ2n) is 8.12. The van der Waals surface area contributed by atoms with E-state index >= 15 is 0 Å². The van der Waals surface area contributed by atoms with E-state index in [1.165, 1.54) is 12.1 Å². The van der Waals surface area contributed by atoms with Gasteiger partial charge in [0.1, 0.15) is 11.6 Å². The van der Waals surface area contributed by atoms with Crippen LogP contribution in [0.4, 0.5) is 4.39 Å². The highest BCUT2D eigenvalue weighted by molar-refractivity contribution is 6.33. The van der Waals surface area contributed by atoms with E-state index in [4.69, 9.17) is 16.3 Å². The van der Waals surface area contributed by atoms with Gasteiger partial charge in [-0.25, -0.2) is 4.39 Å². The zero-order chi connectivity index (χ0) is 22.7. The van der Waals surface area contributed by atoms with E-state index in [-0.39, 0.29) is 11.7 Å². The number of nitrogens with zero attached hydrogens (tertiary/aromatic N) is 3. The number of hydrogen-bond acceptors (Lipinski definition) is 4. The lowest BCUT2D eigenvalue weighted by Gasteiger charge is -2.33. The minimum Gasteiger partial charge on any atom is -0.481 e. The number of piperidine rings is 1. The first kappa shape index (κ1) is 22.2. The maximum Gasteiger partial charge on any atom is 0.263 e. The summed E-state index contributed by atoms with van der Waals surface area (Å²) < 4.78 is 19.4. The van der Waals surface area contributed by atoms with Gasteiger partial charge in [0.05, 0.1) is 10.5 Å². The third-order valence-electron chi connectivity index (χ3n) is 5.81. The number of hydrogen-bond donors (Lipinski definition) is 0. The van der Waals surface area contributed by atoms with Crippen molar-refractivity contribution >= 4 is 35.1 Å². The van der Waals surface area contributed by atoms with Gasteiger partial charge in [-0.1, -0.05) is 11.6 Å². The Bertz CT molecular complexity index is 1150. The average molecular weight is 454 g/mol. The van der Waals surface area contributed by atoms with Crippen LogP contribution in [0.2, 0.25) is 5.02 Å². The van der Waals surface area contributed by atoms with Crippen molar-refractivity contribution in [2.24, 2.45) is 10.9 Å². The van der Waals surface area contributed by atoms with Crippen LogP contribution in [0.15, 0.2) is 53.7 Å². The van der Waals surface area contributed by atoms with Crippen LogP contribution in [0.5, 0.6) is 5.75 Å². The standard InChI is InChI=1S/C25H25ClFN3O2/c1-16(25(31)30-11-3-4-17(15-30)14-28-2)32-19-6-8-22-20(9-10-29-24(22)13-19)21-7-5-18(27)12-23(21)26/h5-10,12-13,16-17H,2-4,11,14-15H2,1H3/t16-,17-/m1/s1. The number of carbonyl (C=O) groups is 1. The largest absolute Gasteiger partial charge is 0.481 e. The molecule has 166 valence electrons. The van der Waals surface area contributed by atoms with Crippen LogP contribution < -0.4 is 4.74 Å². The van der Waals surface area contributed by atoms with Gasteiger partial charge in [-0.2, -0.15) is 0 Å². The molecule has 1 amide bonds. The number of aliphatic imine (C=N–C) groups is 1. The molecule has 0 spiro atoms. The second kappa shape index (κ2) is 9.65. The number of halogens is 2. The zero-order valence-electron chi connectivity index (χ0n) is 17.9. The molecule has 32 heavy (non-hydrogen) atoms. The lowest BCUT2D eigenvalue weighted by Crippen LogP contribution is -2.46. The van der Waals surface area contributed by atoms with E-state index in [1.807, 2.05) is 23.1 Å². The molecule has 1 fully saturated rings. The number of aromatic nitrogens is 1. The molecule has 3 aromatic rings. The fourth-order valence-corrected chi connectivity index (χ4v) is 4.52. The van der Waals surface area contributed by atoms with Crippen LogP contribution in [-0.2, 0) is 4.79 Å². The Kier molecular flexibility index (Phi) is 6.70. The van der Waals surface area contributed by atoms with Gasteiger partial charge in [0.15, 0.2) is 6.10 Å². The number of ether oxygens (including phenoxy) is 1. The first-order valence-electron chi connectivity index (χ1n) is 10.7. The van der Waals surface area contributed by atoms with Crippen molar-refractivity contribution in [2.45, 2.75) is 25.9 Å². The maximum absolute atomic E-state index is 13.5. The SMILES string of the molecule is C=NC[C@H]1CCCN(C(=O)[C@@H](C)Oc2ccc3c(-c4ccc(F)cc4Cl)ccnc3c2)C1. The summed E-state index contributed by atoms with van der Waals surface area (Å²) in [4.78, 5) is 23.2. The lowest BCUT2D eigenvalue weighted by molar-refractivity contribution is -0.139. The van der Waals surface area contributed by atoms with Crippen LogP contribution >= 0.6 is 11.6 Å².